The molecule has 12 heteroatoms. The molecule has 0 fully saturated rings. The zero-order chi connectivity index (χ0) is 26.7. The molecule has 3 heterocycles. The van der Waals surface area contributed by atoms with E-state index in [0.29, 0.717) is 42.6 Å². The molecule has 0 radical (unpaired) electrons. The number of fused-ring (bicyclic) bond motifs is 4. The Labute approximate surface area is 218 Å². The Balaban J connectivity index is 1.16. The fourth-order valence-electron chi connectivity index (χ4n) is 5.36. The summed E-state index contributed by atoms with van der Waals surface area (Å²) in [7, 11) is 1.35. The van der Waals surface area contributed by atoms with Crippen LogP contribution in [0.2, 0.25) is 0 Å². The molecule has 2 aromatic heterocycles. The third-order valence-electron chi connectivity index (χ3n) is 7.35. The topological polar surface area (TPSA) is 165 Å². The molecule has 194 valence electrons. The summed E-state index contributed by atoms with van der Waals surface area (Å²) in [4.78, 5) is 71.2. The molecule has 11 nitrogen and oxygen atoms in total. The number of nitrogen functional groups attached to an aromatic ring is 1. The highest BCUT2D eigenvalue weighted by Crippen LogP contribution is 2.37. The van der Waals surface area contributed by atoms with E-state index >= 15 is 0 Å². The van der Waals surface area contributed by atoms with E-state index in [4.69, 9.17) is 10.5 Å². The number of thiophene rings is 1. The third-order valence-corrected chi connectivity index (χ3v) is 8.50. The van der Waals surface area contributed by atoms with Crippen molar-refractivity contribution in [3.63, 3.8) is 0 Å². The Morgan fingerprint density at radius 3 is 2.79 bits per heavy atom. The number of nitrogens with two attached hydrogens (primary N) is 1. The monoisotopic (exact) mass is 533 g/mol. The summed E-state index contributed by atoms with van der Waals surface area (Å²) in [6.07, 6.45) is 1.62. The summed E-state index contributed by atoms with van der Waals surface area (Å²) < 4.78 is 4.83. The molecule has 38 heavy (non-hydrogen) atoms. The molecule has 0 spiro atoms. The van der Waals surface area contributed by atoms with Crippen molar-refractivity contribution in [3.05, 3.63) is 82.0 Å². The number of hydrogen-bond acceptors (Lipinski definition) is 10. The van der Waals surface area contributed by atoms with Crippen molar-refractivity contribution >= 4 is 44.8 Å². The molecular weight excluding hydrogens is 510 g/mol. The minimum atomic E-state index is -0.635. The molecule has 1 atom stereocenters. The molecule has 2 aliphatic rings. The molecule has 4 aromatic rings. The maximum absolute atomic E-state index is 12.9. The van der Waals surface area contributed by atoms with Gasteiger partial charge in [0.05, 0.1) is 18.4 Å². The van der Waals surface area contributed by atoms with Crippen LogP contribution in [0.4, 0.5) is 11.4 Å². The Morgan fingerprint density at radius 2 is 2.03 bits per heavy atom. The maximum Gasteiger partial charge on any atom is 0.309 e. The number of H-pyrrole nitrogens is 1. The summed E-state index contributed by atoms with van der Waals surface area (Å²) in [6, 6.07) is 5.85. The smallest absolute Gasteiger partial charge is 0.309 e. The van der Waals surface area contributed by atoms with E-state index in [9.17, 15) is 24.0 Å². The second-order valence-electron chi connectivity index (χ2n) is 9.60. The first-order valence-corrected chi connectivity index (χ1v) is 12.9. The van der Waals surface area contributed by atoms with Gasteiger partial charge in [-0.3, -0.25) is 24.0 Å². The van der Waals surface area contributed by atoms with Gasteiger partial charge in [0, 0.05) is 24.5 Å². The number of benzene rings is 1. The van der Waals surface area contributed by atoms with Gasteiger partial charge in [-0.25, -0.2) is 4.98 Å². The average Bonchev–Trinajstić information content (AvgIpc) is 3.48. The van der Waals surface area contributed by atoms with Gasteiger partial charge in [0.1, 0.15) is 16.2 Å². The van der Waals surface area contributed by atoms with Gasteiger partial charge in [-0.1, -0.05) is 18.2 Å². The fraction of sp³-hybridized carbons (Fsp3) is 0.308. The van der Waals surface area contributed by atoms with Crippen LogP contribution in [0, 0.1) is 5.92 Å². The van der Waals surface area contributed by atoms with Crippen molar-refractivity contribution in [1.82, 2.24) is 15.3 Å². The first-order chi connectivity index (χ1) is 18.2. The predicted octanol–water partition coefficient (Wildman–Crippen LogP) is 0.543. The highest BCUT2D eigenvalue weighted by Gasteiger charge is 2.33. The quantitative estimate of drug-likeness (QED) is 0.245. The standard InChI is InChI=1S/C26H23N5O6S/c1-37-26(36)13-7-15-16(8-13)38-25-17(15)23(34)29-22(30-25)24(35)28-9-11-2-3-12-4-5-31(10-14(12)6-11)19-18(27)20(32)21(19)33/h2-3,6,13H,4-5,7-10,27H2,1H3,(H,28,35)(H,29,30,34). The van der Waals surface area contributed by atoms with E-state index in [1.54, 1.807) is 0 Å². The van der Waals surface area contributed by atoms with E-state index in [1.165, 1.54) is 18.4 Å². The molecule has 0 saturated carbocycles. The lowest BCUT2D eigenvalue weighted by Gasteiger charge is -2.32. The summed E-state index contributed by atoms with van der Waals surface area (Å²) in [5.41, 5.74) is 8.19. The minimum absolute atomic E-state index is 0.0135. The van der Waals surface area contributed by atoms with Gasteiger partial charge in [-0.15, -0.1) is 11.3 Å². The maximum atomic E-state index is 12.9. The fourth-order valence-corrected chi connectivity index (χ4v) is 6.64. The molecule has 2 aromatic carbocycles. The number of esters is 1. The SMILES string of the molecule is COC(=O)C1Cc2sc3nc(C(=O)NCc4ccc5c(c4)CN(c4c(N)c(=O)c4=O)CC5)[nH]c(=O)c3c2C1. The molecule has 1 amide bonds. The summed E-state index contributed by atoms with van der Waals surface area (Å²) in [5, 5.41) is 3.22. The van der Waals surface area contributed by atoms with Gasteiger partial charge in [-0.2, -0.15) is 0 Å². The number of amides is 1. The van der Waals surface area contributed by atoms with Gasteiger partial charge < -0.3 is 25.7 Å². The number of hydrogen-bond donors (Lipinski definition) is 3. The third kappa shape index (κ3) is 3.79. The van der Waals surface area contributed by atoms with Crippen LogP contribution in [0.5, 0.6) is 0 Å². The average molecular weight is 534 g/mol. The van der Waals surface area contributed by atoms with Gasteiger partial charge >= 0.3 is 5.97 Å². The largest absolute Gasteiger partial charge is 0.469 e. The summed E-state index contributed by atoms with van der Waals surface area (Å²) in [6.45, 7) is 1.24. The first-order valence-electron chi connectivity index (χ1n) is 12.1. The lowest BCUT2D eigenvalue weighted by atomic mass is 9.96. The van der Waals surface area contributed by atoms with Gasteiger partial charge in [-0.05, 0) is 41.5 Å². The van der Waals surface area contributed by atoms with Gasteiger partial charge in [0.15, 0.2) is 0 Å². The van der Waals surface area contributed by atoms with E-state index in [0.717, 1.165) is 27.1 Å². The molecule has 1 aliphatic heterocycles. The van der Waals surface area contributed by atoms with Crippen LogP contribution < -0.4 is 32.4 Å². The predicted molar refractivity (Wildman–Crippen MR) is 141 cm³/mol. The zero-order valence-electron chi connectivity index (χ0n) is 20.4. The molecule has 0 bridgehead atoms. The number of carbonyl (C=O) groups excluding carboxylic acids is 2. The summed E-state index contributed by atoms with van der Waals surface area (Å²) in [5.74, 6) is -1.19. The molecule has 1 unspecified atom stereocenters. The highest BCUT2D eigenvalue weighted by atomic mass is 32.1. The van der Waals surface area contributed by atoms with Gasteiger partial charge in [0.2, 0.25) is 5.82 Å². The molecule has 4 N–H and O–H groups in total. The van der Waals surface area contributed by atoms with Gasteiger partial charge in [0.25, 0.3) is 22.3 Å². The Bertz CT molecular complexity index is 1780. The molecule has 0 saturated heterocycles. The second kappa shape index (κ2) is 8.91. The number of nitrogens with one attached hydrogen (secondary N) is 2. The van der Waals surface area contributed by atoms with Crippen molar-refractivity contribution in [1.29, 1.82) is 0 Å². The van der Waals surface area contributed by atoms with Crippen LogP contribution in [0.1, 0.15) is 37.7 Å². The van der Waals surface area contributed by atoms with Crippen molar-refractivity contribution in [2.45, 2.75) is 32.4 Å². The van der Waals surface area contributed by atoms with E-state index in [2.05, 4.69) is 15.3 Å². The Hall–Kier alpha value is -4.32. The number of carbonyl (C=O) groups is 2. The zero-order valence-corrected chi connectivity index (χ0v) is 21.2. The number of anilines is 2. The summed E-state index contributed by atoms with van der Waals surface area (Å²) >= 11 is 1.32. The van der Waals surface area contributed by atoms with E-state index in [-0.39, 0.29) is 35.6 Å². The lowest BCUT2D eigenvalue weighted by Crippen LogP contribution is -2.44. The van der Waals surface area contributed by atoms with Crippen LogP contribution in [0.15, 0.2) is 32.6 Å². The first kappa shape index (κ1) is 24.0. The highest BCUT2D eigenvalue weighted by molar-refractivity contribution is 7.18. The molecular formula is C26H23N5O6S. The molecule has 6 rings (SSSR count). The Kier molecular flexibility index (Phi) is 5.64. The number of rotatable bonds is 5. The van der Waals surface area contributed by atoms with Crippen molar-refractivity contribution in [2.75, 3.05) is 24.3 Å². The lowest BCUT2D eigenvalue weighted by molar-refractivity contribution is -0.145. The van der Waals surface area contributed by atoms with Crippen molar-refractivity contribution < 1.29 is 14.3 Å². The number of nitrogens with zero attached hydrogens (tertiary/aromatic N) is 2. The number of ether oxygens (including phenoxy) is 1. The number of aromatic amines is 1. The Morgan fingerprint density at radius 1 is 1.21 bits per heavy atom. The van der Waals surface area contributed by atoms with Crippen LogP contribution in [0.25, 0.3) is 10.2 Å². The number of aromatic nitrogens is 2. The normalized spacial score (nSPS) is 16.4. The molecule has 1 aliphatic carbocycles. The van der Waals surface area contributed by atoms with Crippen LogP contribution in [-0.2, 0) is 41.9 Å². The van der Waals surface area contributed by atoms with Crippen LogP contribution >= 0.6 is 11.3 Å². The van der Waals surface area contributed by atoms with Crippen molar-refractivity contribution in [3.8, 4) is 0 Å². The van der Waals surface area contributed by atoms with E-state index in [1.807, 2.05) is 23.1 Å². The van der Waals surface area contributed by atoms with Crippen LogP contribution in [0.3, 0.4) is 0 Å². The second-order valence-corrected chi connectivity index (χ2v) is 10.7. The number of methoxy groups -OCH3 is 1. The van der Waals surface area contributed by atoms with Crippen LogP contribution in [-0.4, -0.2) is 35.5 Å². The van der Waals surface area contributed by atoms with E-state index < -0.39 is 22.3 Å². The minimum Gasteiger partial charge on any atom is -0.469 e. The van der Waals surface area contributed by atoms with Crippen molar-refractivity contribution in [2.24, 2.45) is 5.92 Å².